The number of hydrogen-bond donors (Lipinski definition) is 2. The van der Waals surface area contributed by atoms with Gasteiger partial charge in [0.25, 0.3) is 5.91 Å². The van der Waals surface area contributed by atoms with Gasteiger partial charge in [0.15, 0.2) is 0 Å². The highest BCUT2D eigenvalue weighted by molar-refractivity contribution is 6.07. The molecule has 21 heavy (non-hydrogen) atoms. The number of amides is 1. The monoisotopic (exact) mass is 287 g/mol. The molecule has 0 atom stereocenters. The third kappa shape index (κ3) is 3.78. The Kier molecular flexibility index (Phi) is 4.87. The maximum absolute atomic E-state index is 13.7. The number of nitrogens with zero attached hydrogens (tertiary/aromatic N) is 1. The number of carbonyl (C=O) groups excluding carboxylic acids is 1. The molecule has 4 nitrogen and oxygen atoms in total. The molecule has 0 bridgehead atoms. The van der Waals surface area contributed by atoms with Gasteiger partial charge in [-0.05, 0) is 43.2 Å². The fraction of sp³-hybridized carbons (Fsp3) is 0.250. The lowest BCUT2D eigenvalue weighted by molar-refractivity contribution is 0.102. The fourth-order valence-corrected chi connectivity index (χ4v) is 1.90. The number of aromatic nitrogens is 1. The van der Waals surface area contributed by atoms with Crippen LogP contribution in [0.25, 0.3) is 0 Å². The van der Waals surface area contributed by atoms with E-state index in [2.05, 4.69) is 15.6 Å². The molecule has 5 heteroatoms. The highest BCUT2D eigenvalue weighted by atomic mass is 19.1. The Morgan fingerprint density at radius 2 is 2.14 bits per heavy atom. The summed E-state index contributed by atoms with van der Waals surface area (Å²) in [5.74, 6) is -0.336. The van der Waals surface area contributed by atoms with Gasteiger partial charge in [-0.2, -0.15) is 0 Å². The molecule has 1 amide bonds. The Hall–Kier alpha value is -2.43. The Bertz CT molecular complexity index is 643. The molecule has 0 radical (unpaired) electrons. The molecule has 0 spiro atoms. The van der Waals surface area contributed by atoms with Gasteiger partial charge in [-0.1, -0.05) is 13.0 Å². The van der Waals surface area contributed by atoms with Crippen molar-refractivity contribution in [3.05, 3.63) is 53.5 Å². The molecule has 0 aliphatic rings. The number of benzene rings is 1. The minimum Gasteiger partial charge on any atom is -0.369 e. The number of aryl methyl sites for hydroxylation is 1. The summed E-state index contributed by atoms with van der Waals surface area (Å²) >= 11 is 0. The largest absolute Gasteiger partial charge is 0.369 e. The summed E-state index contributed by atoms with van der Waals surface area (Å²) in [6, 6.07) is 7.93. The quantitative estimate of drug-likeness (QED) is 0.883. The maximum atomic E-state index is 13.7. The first-order valence-corrected chi connectivity index (χ1v) is 6.88. The SMILES string of the molecule is CCCNc1ncccc1C(=O)Nc1cc(C)ccc1F. The summed E-state index contributed by atoms with van der Waals surface area (Å²) < 4.78 is 13.7. The number of rotatable bonds is 5. The lowest BCUT2D eigenvalue weighted by Crippen LogP contribution is -2.16. The average Bonchev–Trinajstić information content (AvgIpc) is 2.49. The summed E-state index contributed by atoms with van der Waals surface area (Å²) in [6.45, 7) is 4.58. The van der Waals surface area contributed by atoms with Crippen molar-refractivity contribution in [1.29, 1.82) is 0 Å². The Morgan fingerprint density at radius 3 is 2.90 bits per heavy atom. The minimum atomic E-state index is -0.457. The third-order valence-corrected chi connectivity index (χ3v) is 2.96. The van der Waals surface area contributed by atoms with Crippen LogP contribution >= 0.6 is 0 Å². The molecule has 0 aliphatic heterocycles. The van der Waals surface area contributed by atoms with E-state index in [1.807, 2.05) is 13.8 Å². The molecule has 0 fully saturated rings. The predicted octanol–water partition coefficient (Wildman–Crippen LogP) is 3.60. The first-order chi connectivity index (χ1) is 10.1. The van der Waals surface area contributed by atoms with E-state index in [1.54, 1.807) is 30.5 Å². The summed E-state index contributed by atoms with van der Waals surface area (Å²) in [6.07, 6.45) is 2.53. The summed E-state index contributed by atoms with van der Waals surface area (Å²) in [4.78, 5) is 16.5. The van der Waals surface area contributed by atoms with Crippen LogP contribution in [-0.4, -0.2) is 17.4 Å². The molecule has 0 saturated heterocycles. The molecule has 1 heterocycles. The van der Waals surface area contributed by atoms with E-state index >= 15 is 0 Å². The zero-order valence-corrected chi connectivity index (χ0v) is 12.1. The number of hydrogen-bond acceptors (Lipinski definition) is 3. The minimum absolute atomic E-state index is 0.172. The second-order valence-corrected chi connectivity index (χ2v) is 4.76. The van der Waals surface area contributed by atoms with Crippen molar-refractivity contribution in [3.8, 4) is 0 Å². The summed E-state index contributed by atoms with van der Waals surface area (Å²) in [5.41, 5.74) is 1.44. The van der Waals surface area contributed by atoms with Gasteiger partial charge in [0.1, 0.15) is 11.6 Å². The van der Waals surface area contributed by atoms with Crippen LogP contribution in [0.3, 0.4) is 0 Å². The average molecular weight is 287 g/mol. The topological polar surface area (TPSA) is 54.0 Å². The Balaban J connectivity index is 2.22. The van der Waals surface area contributed by atoms with E-state index in [0.29, 0.717) is 11.4 Å². The van der Waals surface area contributed by atoms with Gasteiger partial charge in [0.2, 0.25) is 0 Å². The number of halogens is 1. The van der Waals surface area contributed by atoms with Gasteiger partial charge in [0, 0.05) is 12.7 Å². The second-order valence-electron chi connectivity index (χ2n) is 4.76. The van der Waals surface area contributed by atoms with E-state index in [9.17, 15) is 9.18 Å². The molecule has 0 aliphatic carbocycles. The normalized spacial score (nSPS) is 10.2. The van der Waals surface area contributed by atoms with E-state index in [1.165, 1.54) is 6.07 Å². The van der Waals surface area contributed by atoms with Crippen LogP contribution in [0.4, 0.5) is 15.9 Å². The fourth-order valence-electron chi connectivity index (χ4n) is 1.90. The molecule has 0 unspecified atom stereocenters. The molecule has 1 aromatic heterocycles. The summed E-state index contributed by atoms with van der Waals surface area (Å²) in [5, 5.41) is 5.68. The highest BCUT2D eigenvalue weighted by Gasteiger charge is 2.14. The number of nitrogens with one attached hydrogen (secondary N) is 2. The van der Waals surface area contributed by atoms with E-state index in [-0.39, 0.29) is 11.6 Å². The van der Waals surface area contributed by atoms with Crippen molar-refractivity contribution in [2.45, 2.75) is 20.3 Å². The second kappa shape index (κ2) is 6.83. The van der Waals surface area contributed by atoms with Crippen molar-refractivity contribution in [2.24, 2.45) is 0 Å². The van der Waals surface area contributed by atoms with Crippen LogP contribution in [0.5, 0.6) is 0 Å². The van der Waals surface area contributed by atoms with Crippen LogP contribution in [0.15, 0.2) is 36.5 Å². The third-order valence-electron chi connectivity index (χ3n) is 2.96. The van der Waals surface area contributed by atoms with Gasteiger partial charge in [-0.3, -0.25) is 4.79 Å². The Labute approximate surface area is 123 Å². The standard InChI is InChI=1S/C16H18FN3O/c1-3-8-18-15-12(5-4-9-19-15)16(21)20-14-10-11(2)6-7-13(14)17/h4-7,9-10H,3,8H2,1-2H3,(H,18,19)(H,20,21). The molecule has 2 N–H and O–H groups in total. The highest BCUT2D eigenvalue weighted by Crippen LogP contribution is 2.19. The van der Waals surface area contributed by atoms with Crippen molar-refractivity contribution in [1.82, 2.24) is 4.98 Å². The van der Waals surface area contributed by atoms with Gasteiger partial charge in [0.05, 0.1) is 11.3 Å². The number of pyridine rings is 1. The lowest BCUT2D eigenvalue weighted by Gasteiger charge is -2.11. The molecule has 1 aromatic carbocycles. The molecule has 0 saturated carbocycles. The molecule has 2 rings (SSSR count). The first-order valence-electron chi connectivity index (χ1n) is 6.88. The van der Waals surface area contributed by atoms with Crippen molar-refractivity contribution < 1.29 is 9.18 Å². The van der Waals surface area contributed by atoms with Gasteiger partial charge < -0.3 is 10.6 Å². The number of carbonyl (C=O) groups is 1. The predicted molar refractivity (Wildman–Crippen MR) is 82.1 cm³/mol. The zero-order chi connectivity index (χ0) is 15.2. The van der Waals surface area contributed by atoms with Crippen LogP contribution in [0.2, 0.25) is 0 Å². The lowest BCUT2D eigenvalue weighted by atomic mass is 10.2. The van der Waals surface area contributed by atoms with Crippen LogP contribution < -0.4 is 10.6 Å². The molecular weight excluding hydrogens is 269 g/mol. The van der Waals surface area contributed by atoms with E-state index in [4.69, 9.17) is 0 Å². The smallest absolute Gasteiger partial charge is 0.259 e. The van der Waals surface area contributed by atoms with Crippen LogP contribution in [0, 0.1) is 12.7 Å². The number of anilines is 2. The van der Waals surface area contributed by atoms with Crippen molar-refractivity contribution in [2.75, 3.05) is 17.2 Å². The van der Waals surface area contributed by atoms with Crippen molar-refractivity contribution >= 4 is 17.4 Å². The van der Waals surface area contributed by atoms with Crippen molar-refractivity contribution in [3.63, 3.8) is 0 Å². The molecular formula is C16H18FN3O. The van der Waals surface area contributed by atoms with Gasteiger partial charge in [-0.25, -0.2) is 9.37 Å². The zero-order valence-electron chi connectivity index (χ0n) is 12.1. The molecule has 110 valence electrons. The maximum Gasteiger partial charge on any atom is 0.259 e. The first kappa shape index (κ1) is 15.0. The summed E-state index contributed by atoms with van der Waals surface area (Å²) in [7, 11) is 0. The van der Waals surface area contributed by atoms with Gasteiger partial charge in [-0.15, -0.1) is 0 Å². The van der Waals surface area contributed by atoms with Gasteiger partial charge >= 0.3 is 0 Å². The van der Waals surface area contributed by atoms with E-state index in [0.717, 1.165) is 18.5 Å². The molecule has 2 aromatic rings. The Morgan fingerprint density at radius 1 is 1.33 bits per heavy atom. The van der Waals surface area contributed by atoms with E-state index < -0.39 is 5.82 Å². The van der Waals surface area contributed by atoms with Crippen LogP contribution in [0.1, 0.15) is 29.3 Å². The van der Waals surface area contributed by atoms with Crippen LogP contribution in [-0.2, 0) is 0 Å².